The maximum Gasteiger partial charge on any atom is 0.341 e. The van der Waals surface area contributed by atoms with Crippen LogP contribution in [-0.4, -0.2) is 22.3 Å². The van der Waals surface area contributed by atoms with E-state index in [-0.39, 0.29) is 12.1 Å². The first kappa shape index (κ1) is 9.44. The Kier molecular flexibility index (Phi) is 2.79. The van der Waals surface area contributed by atoms with Crippen LogP contribution in [0.15, 0.2) is 23.3 Å². The summed E-state index contributed by atoms with van der Waals surface area (Å²) in [5.74, 6) is -1.29. The van der Waals surface area contributed by atoms with Crippen LogP contribution in [0, 0.1) is 0 Å². The van der Waals surface area contributed by atoms with Crippen LogP contribution in [-0.2, 0) is 6.54 Å². The molecule has 0 saturated heterocycles. The second-order valence-electron chi connectivity index (χ2n) is 2.45. The summed E-state index contributed by atoms with van der Waals surface area (Å²) in [7, 11) is 0. The first-order valence-electron chi connectivity index (χ1n) is 3.64. The molecule has 5 heteroatoms. The molecule has 1 aromatic rings. The van der Waals surface area contributed by atoms with Gasteiger partial charge < -0.3 is 9.67 Å². The lowest BCUT2D eigenvalue weighted by molar-refractivity contribution is 0.0694. The third kappa shape index (κ3) is 2.14. The molecule has 0 saturated carbocycles. The van der Waals surface area contributed by atoms with Gasteiger partial charge in [0.05, 0.1) is 6.54 Å². The molecule has 0 bridgehead atoms. The SMILES string of the molecule is O=C(O)c1cn(CCF)ccc1=O. The van der Waals surface area contributed by atoms with Crippen molar-refractivity contribution < 1.29 is 14.3 Å². The zero-order valence-corrected chi connectivity index (χ0v) is 6.74. The first-order valence-corrected chi connectivity index (χ1v) is 3.64. The van der Waals surface area contributed by atoms with E-state index in [4.69, 9.17) is 5.11 Å². The Bertz CT molecular complexity index is 372. The van der Waals surface area contributed by atoms with Crippen LogP contribution in [0.4, 0.5) is 4.39 Å². The second-order valence-corrected chi connectivity index (χ2v) is 2.45. The summed E-state index contributed by atoms with van der Waals surface area (Å²) in [6.07, 6.45) is 2.48. The number of carboxylic acids is 1. The minimum absolute atomic E-state index is 0.0561. The largest absolute Gasteiger partial charge is 0.477 e. The van der Waals surface area contributed by atoms with Crippen molar-refractivity contribution in [3.63, 3.8) is 0 Å². The van der Waals surface area contributed by atoms with E-state index < -0.39 is 18.1 Å². The number of halogens is 1. The molecule has 1 heterocycles. The maximum absolute atomic E-state index is 11.9. The molecular weight excluding hydrogens is 177 g/mol. The Balaban J connectivity index is 3.11. The predicted octanol–water partition coefficient (Wildman–Crippen LogP) is 0.516. The molecule has 0 radical (unpaired) electrons. The van der Waals surface area contributed by atoms with Crippen LogP contribution < -0.4 is 5.43 Å². The molecule has 0 aliphatic heterocycles. The van der Waals surface area contributed by atoms with E-state index in [2.05, 4.69) is 0 Å². The van der Waals surface area contributed by atoms with Crippen LogP contribution in [0.25, 0.3) is 0 Å². The molecule has 1 N–H and O–H groups in total. The third-order valence-electron chi connectivity index (χ3n) is 1.55. The summed E-state index contributed by atoms with van der Waals surface area (Å²) < 4.78 is 13.2. The summed E-state index contributed by atoms with van der Waals surface area (Å²) in [6, 6.07) is 1.11. The van der Waals surface area contributed by atoms with Crippen molar-refractivity contribution in [2.24, 2.45) is 0 Å². The Morgan fingerprint density at radius 3 is 2.85 bits per heavy atom. The smallest absolute Gasteiger partial charge is 0.341 e. The summed E-state index contributed by atoms with van der Waals surface area (Å²) in [5.41, 5.74) is -0.904. The molecule has 1 aromatic heterocycles. The molecule has 0 amide bonds. The van der Waals surface area contributed by atoms with Crippen molar-refractivity contribution in [3.05, 3.63) is 34.2 Å². The number of rotatable bonds is 3. The second kappa shape index (κ2) is 3.84. The highest BCUT2D eigenvalue weighted by Crippen LogP contribution is 1.93. The summed E-state index contributed by atoms with van der Waals surface area (Å²) in [4.78, 5) is 21.4. The van der Waals surface area contributed by atoms with Crippen molar-refractivity contribution in [1.29, 1.82) is 0 Å². The van der Waals surface area contributed by atoms with Gasteiger partial charge in [0, 0.05) is 18.5 Å². The van der Waals surface area contributed by atoms with Crippen LogP contribution in [0.3, 0.4) is 0 Å². The van der Waals surface area contributed by atoms with Gasteiger partial charge in [-0.1, -0.05) is 0 Å². The molecule has 0 atom stereocenters. The van der Waals surface area contributed by atoms with Crippen LogP contribution in [0.1, 0.15) is 10.4 Å². The quantitative estimate of drug-likeness (QED) is 0.746. The fourth-order valence-electron chi connectivity index (χ4n) is 0.923. The highest BCUT2D eigenvalue weighted by molar-refractivity contribution is 5.86. The number of carbonyl (C=O) groups is 1. The van der Waals surface area contributed by atoms with E-state index in [1.165, 1.54) is 10.8 Å². The zero-order valence-electron chi connectivity index (χ0n) is 6.74. The van der Waals surface area contributed by atoms with Crippen molar-refractivity contribution in [2.45, 2.75) is 6.54 Å². The minimum atomic E-state index is -1.29. The summed E-state index contributed by atoms with van der Waals surface area (Å²) in [5, 5.41) is 8.55. The van der Waals surface area contributed by atoms with Gasteiger partial charge in [-0.2, -0.15) is 0 Å². The molecule has 4 nitrogen and oxygen atoms in total. The van der Waals surface area contributed by atoms with Gasteiger partial charge in [0.2, 0.25) is 0 Å². The standard InChI is InChI=1S/C8H8FNO3/c9-2-4-10-3-1-7(11)6(5-10)8(12)13/h1,3,5H,2,4H2,(H,12,13). The van der Waals surface area contributed by atoms with Crippen molar-refractivity contribution in [2.75, 3.05) is 6.67 Å². The van der Waals surface area contributed by atoms with E-state index >= 15 is 0 Å². The number of hydrogen-bond donors (Lipinski definition) is 1. The highest BCUT2D eigenvalue weighted by Gasteiger charge is 2.07. The molecule has 0 aliphatic rings. The lowest BCUT2D eigenvalue weighted by atomic mass is 10.3. The van der Waals surface area contributed by atoms with Gasteiger partial charge in [0.15, 0.2) is 5.43 Å². The topological polar surface area (TPSA) is 59.3 Å². The lowest BCUT2D eigenvalue weighted by Gasteiger charge is -2.02. The fraction of sp³-hybridized carbons (Fsp3) is 0.250. The average molecular weight is 185 g/mol. The molecule has 1 rings (SSSR count). The number of aromatic carboxylic acids is 1. The Morgan fingerprint density at radius 1 is 1.62 bits per heavy atom. The van der Waals surface area contributed by atoms with Crippen molar-refractivity contribution in [3.8, 4) is 0 Å². The first-order chi connectivity index (χ1) is 6.15. The maximum atomic E-state index is 11.9. The molecule has 13 heavy (non-hydrogen) atoms. The van der Waals surface area contributed by atoms with Gasteiger partial charge in [0.25, 0.3) is 0 Å². The van der Waals surface area contributed by atoms with E-state index in [9.17, 15) is 14.0 Å². The van der Waals surface area contributed by atoms with Crippen molar-refractivity contribution in [1.82, 2.24) is 4.57 Å². The van der Waals surface area contributed by atoms with E-state index in [1.54, 1.807) is 0 Å². The predicted molar refractivity (Wildman–Crippen MR) is 43.6 cm³/mol. The number of aromatic nitrogens is 1. The fourth-order valence-corrected chi connectivity index (χ4v) is 0.923. The van der Waals surface area contributed by atoms with Gasteiger partial charge in [-0.05, 0) is 0 Å². The van der Waals surface area contributed by atoms with Gasteiger partial charge >= 0.3 is 5.97 Å². The summed E-state index contributed by atoms with van der Waals surface area (Å²) in [6.45, 7) is -0.539. The summed E-state index contributed by atoms with van der Waals surface area (Å²) >= 11 is 0. The molecule has 0 unspecified atom stereocenters. The minimum Gasteiger partial charge on any atom is -0.477 e. The molecular formula is C8H8FNO3. The number of hydrogen-bond acceptors (Lipinski definition) is 2. The number of carboxylic acid groups (broad SMARTS) is 1. The third-order valence-corrected chi connectivity index (χ3v) is 1.55. The van der Waals surface area contributed by atoms with Gasteiger partial charge in [-0.15, -0.1) is 0 Å². The molecule has 0 aliphatic carbocycles. The number of aryl methyl sites for hydroxylation is 1. The molecule has 0 fully saturated rings. The van der Waals surface area contributed by atoms with Crippen LogP contribution in [0.2, 0.25) is 0 Å². The zero-order chi connectivity index (χ0) is 9.84. The lowest BCUT2D eigenvalue weighted by Crippen LogP contribution is -2.16. The molecule has 0 spiro atoms. The van der Waals surface area contributed by atoms with Gasteiger partial charge in [-0.25, -0.2) is 9.18 Å². The Hall–Kier alpha value is -1.65. The molecule has 0 aromatic carbocycles. The average Bonchev–Trinajstić information content (AvgIpc) is 2.08. The normalized spacial score (nSPS) is 9.92. The number of nitrogens with zero attached hydrogens (tertiary/aromatic N) is 1. The van der Waals surface area contributed by atoms with E-state index in [0.717, 1.165) is 12.3 Å². The highest BCUT2D eigenvalue weighted by atomic mass is 19.1. The number of alkyl halides is 1. The van der Waals surface area contributed by atoms with Gasteiger partial charge in [-0.3, -0.25) is 4.79 Å². The van der Waals surface area contributed by atoms with Crippen LogP contribution in [0.5, 0.6) is 0 Å². The van der Waals surface area contributed by atoms with E-state index in [1.807, 2.05) is 0 Å². The Labute approximate surface area is 73.2 Å². The number of pyridine rings is 1. The Morgan fingerprint density at radius 2 is 2.31 bits per heavy atom. The molecule has 70 valence electrons. The van der Waals surface area contributed by atoms with Crippen molar-refractivity contribution >= 4 is 5.97 Å². The van der Waals surface area contributed by atoms with E-state index in [0.29, 0.717) is 0 Å². The van der Waals surface area contributed by atoms with Crippen LogP contribution >= 0.6 is 0 Å². The monoisotopic (exact) mass is 185 g/mol. The van der Waals surface area contributed by atoms with Gasteiger partial charge in [0.1, 0.15) is 12.2 Å².